The Morgan fingerprint density at radius 2 is 1.83 bits per heavy atom. The van der Waals surface area contributed by atoms with Crippen LogP contribution in [0.4, 0.5) is 0 Å². The third kappa shape index (κ3) is 4.90. The van der Waals surface area contributed by atoms with E-state index >= 15 is 0 Å². The smallest absolute Gasteiger partial charge is 0.253 e. The average Bonchev–Trinajstić information content (AvgIpc) is 2.82. The predicted molar refractivity (Wildman–Crippen MR) is 91.9 cm³/mol. The number of imide groups is 1. The molecule has 1 fully saturated rings. The third-order valence-corrected chi connectivity index (χ3v) is 5.20. The minimum Gasteiger partial charge on any atom is -0.275 e. The van der Waals surface area contributed by atoms with Gasteiger partial charge in [0.2, 0.25) is 0 Å². The third-order valence-electron chi connectivity index (χ3n) is 5.20. The highest BCUT2D eigenvalue weighted by Crippen LogP contribution is 2.36. The standard InChI is InChI=1S/C19H31NO4/c1-13(2)15-7-6-14(3)12-16(15)23-24-19(4,5)10-11-20-17(21)8-9-18(20)22/h8-9,13-16H,6-7,10-12H2,1-5H3. The first-order valence-corrected chi connectivity index (χ1v) is 9.07. The van der Waals surface area contributed by atoms with Crippen molar-refractivity contribution in [1.82, 2.24) is 4.90 Å². The Balaban J connectivity index is 1.84. The lowest BCUT2D eigenvalue weighted by atomic mass is 9.75. The lowest BCUT2D eigenvalue weighted by Crippen LogP contribution is -2.39. The van der Waals surface area contributed by atoms with Crippen molar-refractivity contribution in [1.29, 1.82) is 0 Å². The van der Waals surface area contributed by atoms with Gasteiger partial charge in [-0.3, -0.25) is 14.5 Å². The maximum absolute atomic E-state index is 11.6. The molecule has 1 heterocycles. The van der Waals surface area contributed by atoms with Gasteiger partial charge in [0, 0.05) is 18.7 Å². The van der Waals surface area contributed by atoms with E-state index in [9.17, 15) is 9.59 Å². The molecule has 24 heavy (non-hydrogen) atoms. The summed E-state index contributed by atoms with van der Waals surface area (Å²) >= 11 is 0. The summed E-state index contributed by atoms with van der Waals surface area (Å²) in [7, 11) is 0. The Bertz CT molecular complexity index is 480. The zero-order chi connectivity index (χ0) is 17.9. The highest BCUT2D eigenvalue weighted by molar-refractivity contribution is 6.12. The molecule has 1 saturated carbocycles. The summed E-state index contributed by atoms with van der Waals surface area (Å²) in [5.41, 5.74) is -0.550. The first-order chi connectivity index (χ1) is 11.2. The van der Waals surface area contributed by atoms with Crippen LogP contribution in [0.15, 0.2) is 12.2 Å². The molecule has 5 heteroatoms. The molecule has 5 nitrogen and oxygen atoms in total. The largest absolute Gasteiger partial charge is 0.275 e. The van der Waals surface area contributed by atoms with Crippen molar-refractivity contribution in [3.63, 3.8) is 0 Å². The number of hydrogen-bond donors (Lipinski definition) is 0. The van der Waals surface area contributed by atoms with Crippen molar-refractivity contribution in [2.75, 3.05) is 6.54 Å². The van der Waals surface area contributed by atoms with Crippen LogP contribution in [-0.4, -0.2) is 35.0 Å². The maximum Gasteiger partial charge on any atom is 0.253 e. The zero-order valence-corrected chi connectivity index (χ0v) is 15.6. The van der Waals surface area contributed by atoms with Gasteiger partial charge in [0.25, 0.3) is 11.8 Å². The molecule has 1 aliphatic carbocycles. The van der Waals surface area contributed by atoms with E-state index in [2.05, 4.69) is 20.8 Å². The molecule has 0 saturated heterocycles. The fourth-order valence-corrected chi connectivity index (χ4v) is 3.49. The average molecular weight is 337 g/mol. The van der Waals surface area contributed by atoms with E-state index in [0.29, 0.717) is 30.7 Å². The second-order valence-corrected chi connectivity index (χ2v) is 8.22. The summed E-state index contributed by atoms with van der Waals surface area (Å²) in [5, 5.41) is 0. The van der Waals surface area contributed by atoms with Gasteiger partial charge in [0.05, 0.1) is 11.7 Å². The minimum atomic E-state index is -0.550. The molecule has 0 spiro atoms. The molecule has 0 aromatic heterocycles. The Morgan fingerprint density at radius 3 is 2.42 bits per heavy atom. The summed E-state index contributed by atoms with van der Waals surface area (Å²) < 4.78 is 0. The van der Waals surface area contributed by atoms with Gasteiger partial charge in [-0.05, 0) is 50.9 Å². The summed E-state index contributed by atoms with van der Waals surface area (Å²) in [4.78, 5) is 36.1. The second-order valence-electron chi connectivity index (χ2n) is 8.22. The number of hydrogen-bond acceptors (Lipinski definition) is 4. The molecule has 0 radical (unpaired) electrons. The van der Waals surface area contributed by atoms with E-state index in [1.807, 2.05) is 13.8 Å². The van der Waals surface area contributed by atoms with Crippen LogP contribution in [-0.2, 0) is 19.4 Å². The van der Waals surface area contributed by atoms with E-state index in [1.165, 1.54) is 29.9 Å². The van der Waals surface area contributed by atoms with Crippen LogP contribution in [0.25, 0.3) is 0 Å². The lowest BCUT2D eigenvalue weighted by Gasteiger charge is -2.38. The van der Waals surface area contributed by atoms with Gasteiger partial charge in [0.15, 0.2) is 0 Å². The highest BCUT2D eigenvalue weighted by Gasteiger charge is 2.34. The molecular formula is C19H31NO4. The van der Waals surface area contributed by atoms with Gasteiger partial charge >= 0.3 is 0 Å². The molecule has 0 aromatic carbocycles. The topological polar surface area (TPSA) is 55.8 Å². The van der Waals surface area contributed by atoms with Crippen molar-refractivity contribution < 1.29 is 19.4 Å². The fraction of sp³-hybridized carbons (Fsp3) is 0.789. The summed E-state index contributed by atoms with van der Waals surface area (Å²) in [5.74, 6) is 1.24. The second kappa shape index (κ2) is 7.79. The van der Waals surface area contributed by atoms with Crippen molar-refractivity contribution in [3.05, 3.63) is 12.2 Å². The highest BCUT2D eigenvalue weighted by atomic mass is 17.2. The molecule has 3 atom stereocenters. The first-order valence-electron chi connectivity index (χ1n) is 9.07. The van der Waals surface area contributed by atoms with Crippen LogP contribution in [0.3, 0.4) is 0 Å². The van der Waals surface area contributed by atoms with Crippen LogP contribution < -0.4 is 0 Å². The van der Waals surface area contributed by atoms with E-state index in [4.69, 9.17) is 9.78 Å². The number of carbonyl (C=O) groups excluding carboxylic acids is 2. The first kappa shape index (κ1) is 19.1. The van der Waals surface area contributed by atoms with Crippen LogP contribution >= 0.6 is 0 Å². The van der Waals surface area contributed by atoms with Gasteiger partial charge in [-0.2, -0.15) is 0 Å². The van der Waals surface area contributed by atoms with Crippen molar-refractivity contribution >= 4 is 11.8 Å². The molecule has 2 aliphatic rings. The molecule has 0 N–H and O–H groups in total. The fourth-order valence-electron chi connectivity index (χ4n) is 3.49. The molecule has 3 unspecified atom stereocenters. The van der Waals surface area contributed by atoms with E-state index in [0.717, 1.165) is 6.42 Å². The van der Waals surface area contributed by atoms with Crippen LogP contribution in [0.5, 0.6) is 0 Å². The van der Waals surface area contributed by atoms with Gasteiger partial charge in [0.1, 0.15) is 0 Å². The molecule has 2 amide bonds. The quantitative estimate of drug-likeness (QED) is 0.405. The summed E-state index contributed by atoms with van der Waals surface area (Å²) in [6, 6.07) is 0. The van der Waals surface area contributed by atoms with Crippen molar-refractivity contribution in [3.8, 4) is 0 Å². The van der Waals surface area contributed by atoms with Crippen molar-refractivity contribution in [2.24, 2.45) is 17.8 Å². The monoisotopic (exact) mass is 337 g/mol. The Morgan fingerprint density at radius 1 is 1.21 bits per heavy atom. The van der Waals surface area contributed by atoms with E-state index < -0.39 is 5.60 Å². The molecule has 0 aromatic rings. The van der Waals surface area contributed by atoms with Crippen molar-refractivity contribution in [2.45, 2.75) is 72.0 Å². The van der Waals surface area contributed by atoms with Gasteiger partial charge in [-0.25, -0.2) is 9.78 Å². The Kier molecular flexibility index (Phi) is 6.21. The van der Waals surface area contributed by atoms with Gasteiger partial charge in [-0.1, -0.05) is 27.2 Å². The Hall–Kier alpha value is -1.20. The zero-order valence-electron chi connectivity index (χ0n) is 15.6. The molecular weight excluding hydrogens is 306 g/mol. The number of nitrogens with zero attached hydrogens (tertiary/aromatic N) is 1. The SMILES string of the molecule is CC1CCC(C(C)C)C(OOC(C)(C)CCN2C(=O)C=CC2=O)C1. The number of carbonyl (C=O) groups is 2. The number of amides is 2. The van der Waals surface area contributed by atoms with Gasteiger partial charge < -0.3 is 0 Å². The predicted octanol–water partition coefficient (Wildman–Crippen LogP) is 3.49. The van der Waals surface area contributed by atoms with E-state index in [-0.39, 0.29) is 17.9 Å². The normalized spacial score (nSPS) is 28.2. The minimum absolute atomic E-state index is 0.116. The summed E-state index contributed by atoms with van der Waals surface area (Å²) in [6.07, 6.45) is 6.72. The van der Waals surface area contributed by atoms with Crippen LogP contribution in [0.1, 0.15) is 60.3 Å². The molecule has 2 rings (SSSR count). The Labute approximate surface area is 145 Å². The van der Waals surface area contributed by atoms with Crippen LogP contribution in [0, 0.1) is 17.8 Å². The summed E-state index contributed by atoms with van der Waals surface area (Å²) in [6.45, 7) is 10.9. The maximum atomic E-state index is 11.6. The van der Waals surface area contributed by atoms with Crippen LogP contribution in [0.2, 0.25) is 0 Å². The van der Waals surface area contributed by atoms with E-state index in [1.54, 1.807) is 0 Å². The molecule has 1 aliphatic heterocycles. The number of rotatable bonds is 7. The van der Waals surface area contributed by atoms with Gasteiger partial charge in [-0.15, -0.1) is 0 Å². The lowest BCUT2D eigenvalue weighted by molar-refractivity contribution is -0.391. The molecule has 136 valence electrons. The molecule has 0 bridgehead atoms.